The number of benzene rings is 1. The van der Waals surface area contributed by atoms with Crippen molar-refractivity contribution in [2.45, 2.75) is 52.1 Å². The number of likely N-dealkylation sites (tertiary alicyclic amines) is 1. The molecule has 1 fully saturated rings. The van der Waals surface area contributed by atoms with Gasteiger partial charge >= 0.3 is 0 Å². The van der Waals surface area contributed by atoms with Crippen LogP contribution in [0.1, 0.15) is 42.7 Å². The van der Waals surface area contributed by atoms with Gasteiger partial charge in [0.2, 0.25) is 5.89 Å². The molecule has 0 amide bonds. The lowest BCUT2D eigenvalue weighted by molar-refractivity contribution is 0.0961. The summed E-state index contributed by atoms with van der Waals surface area (Å²) in [5, 5.41) is 0. The fourth-order valence-electron chi connectivity index (χ4n) is 3.52. The molecule has 1 unspecified atom stereocenters. The molecule has 0 spiro atoms. The Labute approximate surface area is 144 Å². The zero-order valence-corrected chi connectivity index (χ0v) is 15.0. The van der Waals surface area contributed by atoms with E-state index in [1.807, 2.05) is 6.92 Å². The van der Waals surface area contributed by atoms with Crippen molar-refractivity contribution in [1.82, 2.24) is 9.88 Å². The first-order valence-corrected chi connectivity index (χ1v) is 8.93. The van der Waals surface area contributed by atoms with Crippen LogP contribution in [0.15, 0.2) is 28.7 Å². The van der Waals surface area contributed by atoms with Gasteiger partial charge in [-0.15, -0.1) is 0 Å². The molecule has 24 heavy (non-hydrogen) atoms. The molecule has 0 saturated carbocycles. The van der Waals surface area contributed by atoms with Gasteiger partial charge in [0.25, 0.3) is 0 Å². The second-order valence-electron chi connectivity index (χ2n) is 6.79. The molecule has 130 valence electrons. The van der Waals surface area contributed by atoms with E-state index in [0.717, 1.165) is 49.0 Å². The van der Waals surface area contributed by atoms with E-state index in [2.05, 4.69) is 36.1 Å². The summed E-state index contributed by atoms with van der Waals surface area (Å²) in [5.41, 5.74) is 3.34. The fraction of sp³-hybridized carbons (Fsp3) is 0.550. The highest BCUT2D eigenvalue weighted by Crippen LogP contribution is 2.26. The summed E-state index contributed by atoms with van der Waals surface area (Å²) >= 11 is 0. The number of hydrogen-bond donors (Lipinski definition) is 0. The van der Waals surface area contributed by atoms with Crippen molar-refractivity contribution < 1.29 is 9.15 Å². The van der Waals surface area contributed by atoms with E-state index >= 15 is 0 Å². The zero-order valence-electron chi connectivity index (χ0n) is 15.0. The highest BCUT2D eigenvalue weighted by Gasteiger charge is 2.24. The number of ether oxygens (including phenoxy) is 1. The molecule has 1 aromatic heterocycles. The number of oxazole rings is 1. The SMILES string of the molecule is COCCC1CCCCN1Cc1nc(-c2cccc(C)c2)oc1C. The molecule has 0 N–H and O–H groups in total. The van der Waals surface area contributed by atoms with Crippen molar-refractivity contribution in [3.05, 3.63) is 41.3 Å². The summed E-state index contributed by atoms with van der Waals surface area (Å²) in [6, 6.07) is 8.92. The van der Waals surface area contributed by atoms with Gasteiger partial charge in [0.1, 0.15) is 5.76 Å². The molecule has 2 aromatic rings. The van der Waals surface area contributed by atoms with Crippen molar-refractivity contribution in [2.75, 3.05) is 20.3 Å². The van der Waals surface area contributed by atoms with Crippen LogP contribution in [-0.4, -0.2) is 36.2 Å². The van der Waals surface area contributed by atoms with Gasteiger partial charge in [-0.2, -0.15) is 0 Å². The Morgan fingerprint density at radius 2 is 2.17 bits per heavy atom. The minimum absolute atomic E-state index is 0.595. The van der Waals surface area contributed by atoms with Crippen molar-refractivity contribution in [3.63, 3.8) is 0 Å². The van der Waals surface area contributed by atoms with Crippen LogP contribution in [-0.2, 0) is 11.3 Å². The van der Waals surface area contributed by atoms with Crippen LogP contribution in [0, 0.1) is 13.8 Å². The summed E-state index contributed by atoms with van der Waals surface area (Å²) in [4.78, 5) is 7.34. The minimum Gasteiger partial charge on any atom is -0.441 e. The topological polar surface area (TPSA) is 38.5 Å². The third kappa shape index (κ3) is 4.05. The molecular weight excluding hydrogens is 300 g/mol. The molecule has 1 atom stereocenters. The first-order chi connectivity index (χ1) is 11.7. The predicted octanol–water partition coefficient (Wildman–Crippen LogP) is 4.35. The molecule has 1 aliphatic rings. The lowest BCUT2D eigenvalue weighted by Gasteiger charge is -2.35. The molecule has 2 heterocycles. The van der Waals surface area contributed by atoms with Crippen molar-refractivity contribution >= 4 is 0 Å². The maximum atomic E-state index is 5.95. The van der Waals surface area contributed by atoms with E-state index in [0.29, 0.717) is 6.04 Å². The van der Waals surface area contributed by atoms with E-state index in [9.17, 15) is 0 Å². The summed E-state index contributed by atoms with van der Waals surface area (Å²) in [7, 11) is 1.78. The summed E-state index contributed by atoms with van der Waals surface area (Å²) in [5.74, 6) is 1.67. The van der Waals surface area contributed by atoms with Crippen molar-refractivity contribution in [1.29, 1.82) is 0 Å². The Bertz CT molecular complexity index is 665. The summed E-state index contributed by atoms with van der Waals surface area (Å²) < 4.78 is 11.2. The van der Waals surface area contributed by atoms with E-state index in [1.165, 1.54) is 24.8 Å². The molecule has 1 saturated heterocycles. The number of piperidine rings is 1. The van der Waals surface area contributed by atoms with Crippen LogP contribution in [0.3, 0.4) is 0 Å². The van der Waals surface area contributed by atoms with Gasteiger partial charge in [0.15, 0.2) is 0 Å². The number of hydrogen-bond acceptors (Lipinski definition) is 4. The quantitative estimate of drug-likeness (QED) is 0.790. The lowest BCUT2D eigenvalue weighted by Crippen LogP contribution is -2.39. The van der Waals surface area contributed by atoms with Crippen LogP contribution < -0.4 is 0 Å². The van der Waals surface area contributed by atoms with Gasteiger partial charge in [0.05, 0.1) is 5.69 Å². The van der Waals surface area contributed by atoms with Gasteiger partial charge in [0, 0.05) is 31.9 Å². The Balaban J connectivity index is 1.75. The summed E-state index contributed by atoms with van der Waals surface area (Å²) in [6.45, 7) is 6.95. The molecule has 4 nitrogen and oxygen atoms in total. The first-order valence-electron chi connectivity index (χ1n) is 8.93. The second kappa shape index (κ2) is 7.95. The van der Waals surface area contributed by atoms with E-state index in [1.54, 1.807) is 7.11 Å². The Morgan fingerprint density at radius 1 is 1.29 bits per heavy atom. The van der Waals surface area contributed by atoms with Crippen LogP contribution in [0.2, 0.25) is 0 Å². The molecule has 4 heteroatoms. The van der Waals surface area contributed by atoms with Gasteiger partial charge in [-0.25, -0.2) is 4.98 Å². The number of methoxy groups -OCH3 is 1. The maximum absolute atomic E-state index is 5.95. The average molecular weight is 328 g/mol. The first kappa shape index (κ1) is 17.2. The normalized spacial score (nSPS) is 18.9. The predicted molar refractivity (Wildman–Crippen MR) is 96.0 cm³/mol. The average Bonchev–Trinajstić information content (AvgIpc) is 2.95. The van der Waals surface area contributed by atoms with Gasteiger partial charge in [-0.05, 0) is 51.8 Å². The van der Waals surface area contributed by atoms with E-state index in [-0.39, 0.29) is 0 Å². The smallest absolute Gasteiger partial charge is 0.226 e. The number of rotatable bonds is 6. The van der Waals surface area contributed by atoms with Gasteiger partial charge in [-0.3, -0.25) is 4.90 Å². The Kier molecular flexibility index (Phi) is 5.69. The highest BCUT2D eigenvalue weighted by atomic mass is 16.5. The Hall–Kier alpha value is -1.65. The van der Waals surface area contributed by atoms with E-state index < -0.39 is 0 Å². The highest BCUT2D eigenvalue weighted by molar-refractivity contribution is 5.54. The molecule has 1 aliphatic heterocycles. The van der Waals surface area contributed by atoms with Gasteiger partial charge in [-0.1, -0.05) is 24.1 Å². The zero-order chi connectivity index (χ0) is 16.9. The molecule has 3 rings (SSSR count). The number of aryl methyl sites for hydroxylation is 2. The fourth-order valence-corrected chi connectivity index (χ4v) is 3.52. The Morgan fingerprint density at radius 3 is 2.96 bits per heavy atom. The molecule has 0 bridgehead atoms. The third-order valence-electron chi connectivity index (χ3n) is 4.91. The molecular formula is C20H28N2O2. The maximum Gasteiger partial charge on any atom is 0.226 e. The standard InChI is InChI=1S/C20H28N2O2/c1-15-7-6-8-17(13-15)20-21-19(16(2)24-20)14-22-11-5-4-9-18(22)10-12-23-3/h6-8,13,18H,4-5,9-12,14H2,1-3H3. The summed E-state index contributed by atoms with van der Waals surface area (Å²) in [6.07, 6.45) is 4.94. The number of nitrogens with zero attached hydrogens (tertiary/aromatic N) is 2. The van der Waals surface area contributed by atoms with Crippen molar-refractivity contribution in [2.24, 2.45) is 0 Å². The largest absolute Gasteiger partial charge is 0.441 e. The van der Waals surface area contributed by atoms with Gasteiger partial charge < -0.3 is 9.15 Å². The lowest BCUT2D eigenvalue weighted by atomic mass is 9.99. The molecule has 0 radical (unpaired) electrons. The van der Waals surface area contributed by atoms with Crippen LogP contribution >= 0.6 is 0 Å². The number of aromatic nitrogens is 1. The van der Waals surface area contributed by atoms with Crippen molar-refractivity contribution in [3.8, 4) is 11.5 Å². The van der Waals surface area contributed by atoms with Crippen LogP contribution in [0.25, 0.3) is 11.5 Å². The molecule has 0 aliphatic carbocycles. The molecule has 1 aromatic carbocycles. The minimum atomic E-state index is 0.595. The van der Waals surface area contributed by atoms with E-state index in [4.69, 9.17) is 14.1 Å². The van der Waals surface area contributed by atoms with Crippen LogP contribution in [0.4, 0.5) is 0 Å². The third-order valence-corrected chi connectivity index (χ3v) is 4.91. The monoisotopic (exact) mass is 328 g/mol. The van der Waals surface area contributed by atoms with Crippen LogP contribution in [0.5, 0.6) is 0 Å². The second-order valence-corrected chi connectivity index (χ2v) is 6.79.